The zero-order chi connectivity index (χ0) is 13.1. The summed E-state index contributed by atoms with van der Waals surface area (Å²) >= 11 is 1.47. The highest BCUT2D eigenvalue weighted by Crippen LogP contribution is 2.33. The lowest BCUT2D eigenvalue weighted by Crippen LogP contribution is -2.07. The van der Waals surface area contributed by atoms with E-state index in [9.17, 15) is 4.39 Å². The number of nitrogens with zero attached hydrogens (tertiary/aromatic N) is 2. The van der Waals surface area contributed by atoms with Crippen LogP contribution in [0.3, 0.4) is 0 Å². The molecule has 94 valence electrons. The van der Waals surface area contributed by atoms with Gasteiger partial charge in [-0.1, -0.05) is 11.8 Å². The summed E-state index contributed by atoms with van der Waals surface area (Å²) in [5, 5.41) is 0.818. The van der Waals surface area contributed by atoms with E-state index in [1.54, 1.807) is 19.2 Å². The Hall–Kier alpha value is -1.46. The minimum absolute atomic E-state index is 0.218. The summed E-state index contributed by atoms with van der Waals surface area (Å²) in [6.45, 7) is 3.58. The van der Waals surface area contributed by atoms with Crippen LogP contribution in [0.5, 0.6) is 0 Å². The number of halogens is 1. The van der Waals surface area contributed by atoms with Crippen molar-refractivity contribution in [2.75, 3.05) is 0 Å². The highest BCUT2D eigenvalue weighted by atomic mass is 32.2. The number of hydrogen-bond donors (Lipinski definition) is 1. The van der Waals surface area contributed by atoms with Gasteiger partial charge in [-0.15, -0.1) is 0 Å². The highest BCUT2D eigenvalue weighted by Gasteiger charge is 2.12. The lowest BCUT2D eigenvalue weighted by Gasteiger charge is -2.13. The van der Waals surface area contributed by atoms with Crippen molar-refractivity contribution < 1.29 is 4.39 Å². The lowest BCUT2D eigenvalue weighted by atomic mass is 10.1. The van der Waals surface area contributed by atoms with Gasteiger partial charge in [0.2, 0.25) is 0 Å². The first kappa shape index (κ1) is 13.0. The Morgan fingerprint density at radius 2 is 2.17 bits per heavy atom. The molecule has 1 heterocycles. The average molecular weight is 263 g/mol. The van der Waals surface area contributed by atoms with Gasteiger partial charge in [0.1, 0.15) is 17.2 Å². The third-order valence-corrected chi connectivity index (χ3v) is 3.58. The molecule has 0 aliphatic rings. The molecule has 0 aliphatic heterocycles. The Labute approximate surface area is 110 Å². The first-order valence-corrected chi connectivity index (χ1v) is 6.39. The maximum Gasteiger partial charge on any atom is 0.126 e. The van der Waals surface area contributed by atoms with Crippen molar-refractivity contribution in [2.45, 2.75) is 29.8 Å². The van der Waals surface area contributed by atoms with E-state index in [1.165, 1.54) is 24.2 Å². The smallest absolute Gasteiger partial charge is 0.126 e. The predicted octanol–water partition coefficient (Wildman–Crippen LogP) is 3.10. The van der Waals surface area contributed by atoms with E-state index >= 15 is 0 Å². The molecule has 0 aliphatic carbocycles. The Bertz CT molecular complexity index is 543. The molecule has 0 saturated heterocycles. The summed E-state index contributed by atoms with van der Waals surface area (Å²) in [5.41, 5.74) is 7.28. The van der Waals surface area contributed by atoms with Gasteiger partial charge < -0.3 is 5.73 Å². The van der Waals surface area contributed by atoms with Crippen LogP contribution in [0.1, 0.15) is 24.1 Å². The quantitative estimate of drug-likeness (QED) is 0.865. The largest absolute Gasteiger partial charge is 0.324 e. The standard InChI is InChI=1S/C13H14FN3S/c1-8-5-12(10(9(2)15)6-11(8)14)18-13-3-4-16-7-17-13/h3-7,9H,15H2,1-2H3/t9-/m1/s1. The van der Waals surface area contributed by atoms with Crippen LogP contribution in [-0.2, 0) is 0 Å². The molecule has 0 radical (unpaired) electrons. The van der Waals surface area contributed by atoms with E-state index in [-0.39, 0.29) is 11.9 Å². The third-order valence-electron chi connectivity index (χ3n) is 2.55. The monoisotopic (exact) mass is 263 g/mol. The molecule has 0 amide bonds. The fourth-order valence-corrected chi connectivity index (χ4v) is 2.62. The molecule has 2 aromatic rings. The minimum Gasteiger partial charge on any atom is -0.324 e. The predicted molar refractivity (Wildman–Crippen MR) is 69.9 cm³/mol. The summed E-state index contributed by atoms with van der Waals surface area (Å²) in [5.74, 6) is -0.227. The lowest BCUT2D eigenvalue weighted by molar-refractivity contribution is 0.610. The summed E-state index contributed by atoms with van der Waals surface area (Å²) in [6, 6.07) is 4.91. The van der Waals surface area contributed by atoms with Crippen LogP contribution in [0.25, 0.3) is 0 Å². The van der Waals surface area contributed by atoms with Crippen molar-refractivity contribution >= 4 is 11.8 Å². The number of hydrogen-bond acceptors (Lipinski definition) is 4. The molecular formula is C13H14FN3S. The summed E-state index contributed by atoms with van der Waals surface area (Å²) in [6.07, 6.45) is 3.17. The summed E-state index contributed by atoms with van der Waals surface area (Å²) in [4.78, 5) is 8.94. The van der Waals surface area contributed by atoms with Crippen LogP contribution in [0.15, 0.2) is 40.6 Å². The normalized spacial score (nSPS) is 12.4. The topological polar surface area (TPSA) is 51.8 Å². The van der Waals surface area contributed by atoms with Crippen LogP contribution in [0, 0.1) is 12.7 Å². The van der Waals surface area contributed by atoms with Crippen molar-refractivity contribution in [3.63, 3.8) is 0 Å². The molecular weight excluding hydrogens is 249 g/mol. The maximum atomic E-state index is 13.6. The van der Waals surface area contributed by atoms with Crippen molar-refractivity contribution in [2.24, 2.45) is 5.73 Å². The van der Waals surface area contributed by atoms with E-state index in [2.05, 4.69) is 9.97 Å². The molecule has 0 bridgehead atoms. The van der Waals surface area contributed by atoms with E-state index in [1.807, 2.05) is 13.0 Å². The van der Waals surface area contributed by atoms with Crippen LogP contribution in [-0.4, -0.2) is 9.97 Å². The number of aromatic nitrogens is 2. The number of benzene rings is 1. The molecule has 1 aromatic carbocycles. The second kappa shape index (κ2) is 5.46. The number of rotatable bonds is 3. The van der Waals surface area contributed by atoms with Gasteiger partial charge in [-0.25, -0.2) is 14.4 Å². The van der Waals surface area contributed by atoms with Crippen LogP contribution in [0.4, 0.5) is 4.39 Å². The Morgan fingerprint density at radius 1 is 1.39 bits per heavy atom. The molecule has 3 nitrogen and oxygen atoms in total. The molecule has 0 spiro atoms. The second-order valence-corrected chi connectivity index (χ2v) is 5.14. The third kappa shape index (κ3) is 2.86. The Morgan fingerprint density at radius 3 is 2.78 bits per heavy atom. The SMILES string of the molecule is Cc1cc(Sc2ccncn2)c([C@@H](C)N)cc1F. The fraction of sp³-hybridized carbons (Fsp3) is 0.231. The first-order valence-electron chi connectivity index (χ1n) is 5.57. The average Bonchev–Trinajstić information content (AvgIpc) is 2.34. The van der Waals surface area contributed by atoms with Crippen LogP contribution in [0.2, 0.25) is 0 Å². The van der Waals surface area contributed by atoms with Crippen LogP contribution >= 0.6 is 11.8 Å². The van der Waals surface area contributed by atoms with Crippen molar-refractivity contribution in [1.29, 1.82) is 0 Å². The molecule has 0 saturated carbocycles. The number of aryl methyl sites for hydroxylation is 1. The maximum absolute atomic E-state index is 13.6. The zero-order valence-corrected chi connectivity index (χ0v) is 11.0. The molecule has 0 unspecified atom stereocenters. The van der Waals surface area contributed by atoms with Crippen molar-refractivity contribution in [3.05, 3.63) is 47.7 Å². The molecule has 2 N–H and O–H groups in total. The Balaban J connectivity index is 2.40. The van der Waals surface area contributed by atoms with Crippen molar-refractivity contribution in [3.8, 4) is 0 Å². The van der Waals surface area contributed by atoms with Gasteiger partial charge in [0.05, 0.1) is 0 Å². The minimum atomic E-state index is -0.227. The van der Waals surface area contributed by atoms with E-state index in [0.717, 1.165) is 15.5 Å². The highest BCUT2D eigenvalue weighted by molar-refractivity contribution is 7.99. The zero-order valence-electron chi connectivity index (χ0n) is 10.2. The van der Waals surface area contributed by atoms with E-state index in [0.29, 0.717) is 5.56 Å². The van der Waals surface area contributed by atoms with Gasteiger partial charge in [-0.05, 0) is 43.2 Å². The molecule has 18 heavy (non-hydrogen) atoms. The number of nitrogens with two attached hydrogens (primary N) is 1. The van der Waals surface area contributed by atoms with Gasteiger partial charge in [-0.2, -0.15) is 0 Å². The molecule has 1 aromatic heterocycles. The molecule has 5 heteroatoms. The summed E-state index contributed by atoms with van der Waals surface area (Å²) < 4.78 is 13.6. The van der Waals surface area contributed by atoms with Crippen LogP contribution < -0.4 is 5.73 Å². The first-order chi connectivity index (χ1) is 8.58. The molecule has 2 rings (SSSR count). The van der Waals surface area contributed by atoms with Gasteiger partial charge in [0, 0.05) is 17.1 Å². The van der Waals surface area contributed by atoms with Gasteiger partial charge in [0.25, 0.3) is 0 Å². The van der Waals surface area contributed by atoms with Gasteiger partial charge >= 0.3 is 0 Å². The van der Waals surface area contributed by atoms with E-state index < -0.39 is 0 Å². The van der Waals surface area contributed by atoms with Gasteiger partial charge in [0.15, 0.2) is 0 Å². The van der Waals surface area contributed by atoms with E-state index in [4.69, 9.17) is 5.73 Å². The second-order valence-electron chi connectivity index (χ2n) is 4.08. The van der Waals surface area contributed by atoms with Crippen molar-refractivity contribution in [1.82, 2.24) is 9.97 Å². The Kier molecular flexibility index (Phi) is 3.93. The molecule has 0 fully saturated rings. The fourth-order valence-electron chi connectivity index (χ4n) is 1.57. The molecule has 1 atom stereocenters. The summed E-state index contributed by atoms with van der Waals surface area (Å²) in [7, 11) is 0. The van der Waals surface area contributed by atoms with Gasteiger partial charge in [-0.3, -0.25) is 0 Å².